The average Bonchev–Trinajstić information content (AvgIpc) is 2.83. The number of hydrogen-bond donors (Lipinski definition) is 1. The lowest BCUT2D eigenvalue weighted by Gasteiger charge is -2.10. The van der Waals surface area contributed by atoms with E-state index in [-0.39, 0.29) is 11.5 Å². The van der Waals surface area contributed by atoms with Crippen LogP contribution in [0.5, 0.6) is 5.75 Å². The van der Waals surface area contributed by atoms with Crippen LogP contribution in [0.1, 0.15) is 10.4 Å². The summed E-state index contributed by atoms with van der Waals surface area (Å²) in [5.41, 5.74) is 3.42. The van der Waals surface area contributed by atoms with E-state index in [9.17, 15) is 9.59 Å². The molecule has 8 heteroatoms. The number of carbonyl (C=O) groups excluding carboxylic acids is 1. The lowest BCUT2D eigenvalue weighted by molar-refractivity contribution is 0.0955. The first-order chi connectivity index (χ1) is 12.6. The first-order valence-corrected chi connectivity index (χ1v) is 8.84. The van der Waals surface area contributed by atoms with Gasteiger partial charge < -0.3 is 4.74 Å². The molecule has 0 saturated heterocycles. The van der Waals surface area contributed by atoms with Gasteiger partial charge in [-0.1, -0.05) is 36.0 Å². The molecule has 26 heavy (non-hydrogen) atoms. The minimum atomic E-state index is -0.322. The fourth-order valence-corrected chi connectivity index (χ4v) is 3.40. The normalized spacial score (nSPS) is 13.4. The van der Waals surface area contributed by atoms with Crippen LogP contribution in [0, 0.1) is 0 Å². The van der Waals surface area contributed by atoms with Crippen molar-refractivity contribution in [1.82, 2.24) is 15.0 Å². The molecule has 3 aromatic rings. The van der Waals surface area contributed by atoms with E-state index in [4.69, 9.17) is 4.74 Å². The molecule has 0 bridgehead atoms. The Bertz CT molecular complexity index is 1110. The van der Waals surface area contributed by atoms with Crippen molar-refractivity contribution in [3.63, 3.8) is 0 Å². The maximum absolute atomic E-state index is 12.5. The first-order valence-electron chi connectivity index (χ1n) is 7.86. The van der Waals surface area contributed by atoms with Gasteiger partial charge in [0.1, 0.15) is 5.75 Å². The summed E-state index contributed by atoms with van der Waals surface area (Å²) < 4.78 is 7.23. The molecule has 0 fully saturated rings. The summed E-state index contributed by atoms with van der Waals surface area (Å²) in [6.07, 6.45) is 0. The van der Waals surface area contributed by atoms with Gasteiger partial charge >= 0.3 is 0 Å². The van der Waals surface area contributed by atoms with Gasteiger partial charge in [0.05, 0.1) is 22.2 Å². The number of nitrogens with zero attached hydrogens (tertiary/aromatic N) is 3. The highest BCUT2D eigenvalue weighted by Gasteiger charge is 2.19. The summed E-state index contributed by atoms with van der Waals surface area (Å²) in [6, 6.07) is 14.1. The molecule has 1 amide bonds. The van der Waals surface area contributed by atoms with Crippen LogP contribution < -0.4 is 15.7 Å². The Balaban J connectivity index is 1.60. The molecule has 0 atom stereocenters. The van der Waals surface area contributed by atoms with Crippen LogP contribution in [0.25, 0.3) is 10.9 Å². The van der Waals surface area contributed by atoms with Crippen molar-refractivity contribution < 1.29 is 9.53 Å². The second-order valence-corrected chi connectivity index (χ2v) is 6.55. The summed E-state index contributed by atoms with van der Waals surface area (Å²) in [5, 5.41) is 5.13. The van der Waals surface area contributed by atoms with E-state index in [2.05, 4.69) is 15.5 Å². The van der Waals surface area contributed by atoms with Crippen molar-refractivity contribution in [2.75, 3.05) is 5.75 Å². The van der Waals surface area contributed by atoms with Crippen molar-refractivity contribution in [2.45, 2.75) is 5.16 Å². The molecular formula is C18H14N4O3S. The number of nitrogens with one attached hydrogen (secondary N) is 1. The number of ether oxygens (including phenoxy) is 1. The molecule has 1 aromatic heterocycles. The van der Waals surface area contributed by atoms with Gasteiger partial charge in [0.25, 0.3) is 11.5 Å². The van der Waals surface area contributed by atoms with Gasteiger partial charge in [-0.3, -0.25) is 14.2 Å². The molecule has 1 N–H and O–H groups in total. The number of para-hydroxylation sites is 2. The van der Waals surface area contributed by atoms with Crippen LogP contribution >= 0.6 is 11.8 Å². The molecule has 0 unspecified atom stereocenters. The Kier molecular flexibility index (Phi) is 4.18. The predicted octanol–water partition coefficient (Wildman–Crippen LogP) is 2.16. The molecule has 7 nitrogen and oxygen atoms in total. The largest absolute Gasteiger partial charge is 0.440 e. The molecule has 2 aromatic carbocycles. The molecule has 4 rings (SSSR count). The Morgan fingerprint density at radius 3 is 2.77 bits per heavy atom. The highest BCUT2D eigenvalue weighted by atomic mass is 32.2. The maximum Gasteiger partial charge on any atom is 0.275 e. The topological polar surface area (TPSA) is 85.6 Å². The van der Waals surface area contributed by atoms with Crippen LogP contribution in [0.4, 0.5) is 0 Å². The molecule has 2 heterocycles. The molecule has 130 valence electrons. The van der Waals surface area contributed by atoms with Crippen molar-refractivity contribution in [2.24, 2.45) is 12.1 Å². The summed E-state index contributed by atoms with van der Waals surface area (Å²) in [5.74, 6) is 0.766. The van der Waals surface area contributed by atoms with Crippen molar-refractivity contribution >= 4 is 34.5 Å². The SMILES string of the molecule is Cn1c(SCC2=NNC(=O)c3ccccc3O2)nc2ccccc2c1=O. The number of carbonyl (C=O) groups is 1. The Labute approximate surface area is 152 Å². The van der Waals surface area contributed by atoms with Crippen LogP contribution in [-0.4, -0.2) is 27.1 Å². The Morgan fingerprint density at radius 1 is 1.12 bits per heavy atom. The molecule has 1 aliphatic rings. The first kappa shape index (κ1) is 16.3. The number of thioether (sulfide) groups is 1. The van der Waals surface area contributed by atoms with Crippen molar-refractivity contribution in [1.29, 1.82) is 0 Å². The number of benzene rings is 2. The molecule has 0 aliphatic carbocycles. The molecule has 0 saturated carbocycles. The van der Waals surface area contributed by atoms with Crippen molar-refractivity contribution in [3.8, 4) is 5.75 Å². The lowest BCUT2D eigenvalue weighted by atomic mass is 10.2. The zero-order chi connectivity index (χ0) is 18.1. The van der Waals surface area contributed by atoms with E-state index in [1.165, 1.54) is 16.3 Å². The van der Waals surface area contributed by atoms with Gasteiger partial charge in [-0.25, -0.2) is 10.4 Å². The van der Waals surface area contributed by atoms with Gasteiger partial charge in [-0.05, 0) is 24.3 Å². The zero-order valence-electron chi connectivity index (χ0n) is 13.8. The Morgan fingerprint density at radius 2 is 1.88 bits per heavy atom. The maximum atomic E-state index is 12.5. The van der Waals surface area contributed by atoms with Gasteiger partial charge in [-0.2, -0.15) is 0 Å². The number of fused-ring (bicyclic) bond motifs is 2. The average molecular weight is 366 g/mol. The highest BCUT2D eigenvalue weighted by molar-refractivity contribution is 7.99. The van der Waals surface area contributed by atoms with E-state index in [1.54, 1.807) is 43.4 Å². The third kappa shape index (κ3) is 2.95. The van der Waals surface area contributed by atoms with Crippen molar-refractivity contribution in [3.05, 3.63) is 64.4 Å². The minimum absolute atomic E-state index is 0.111. The van der Waals surface area contributed by atoms with E-state index in [1.807, 2.05) is 12.1 Å². The van der Waals surface area contributed by atoms with E-state index < -0.39 is 0 Å². The third-order valence-electron chi connectivity index (χ3n) is 3.91. The second-order valence-electron chi connectivity index (χ2n) is 5.61. The monoisotopic (exact) mass is 366 g/mol. The molecule has 1 aliphatic heterocycles. The van der Waals surface area contributed by atoms with Gasteiger partial charge in [0.2, 0.25) is 5.90 Å². The fourth-order valence-electron chi connectivity index (χ4n) is 2.58. The number of hydrogen-bond acceptors (Lipinski definition) is 6. The highest BCUT2D eigenvalue weighted by Crippen LogP contribution is 2.22. The lowest BCUT2D eigenvalue weighted by Crippen LogP contribution is -2.21. The summed E-state index contributed by atoms with van der Waals surface area (Å²) in [6.45, 7) is 0. The zero-order valence-corrected chi connectivity index (χ0v) is 14.6. The second kappa shape index (κ2) is 6.64. The van der Waals surface area contributed by atoms with Gasteiger partial charge in [-0.15, -0.1) is 5.10 Å². The quantitative estimate of drug-likeness (QED) is 0.567. The summed E-state index contributed by atoms with van der Waals surface area (Å²) in [4.78, 5) is 29.0. The van der Waals surface area contributed by atoms with Crippen LogP contribution in [-0.2, 0) is 7.05 Å². The molecule has 0 radical (unpaired) electrons. The van der Waals surface area contributed by atoms with Gasteiger partial charge in [0, 0.05) is 7.05 Å². The smallest absolute Gasteiger partial charge is 0.275 e. The standard InChI is InChI=1S/C18H14N4O3S/c1-22-17(24)11-6-2-4-8-13(11)19-18(22)26-10-15-20-21-16(23)12-7-3-5-9-14(12)25-15/h2-9H,10H2,1H3,(H,21,23). The third-order valence-corrected chi connectivity index (χ3v) is 4.92. The number of aromatic nitrogens is 2. The number of rotatable bonds is 3. The Hall–Kier alpha value is -3.13. The van der Waals surface area contributed by atoms with E-state index in [0.29, 0.717) is 39.0 Å². The molecular weight excluding hydrogens is 352 g/mol. The number of amides is 1. The van der Waals surface area contributed by atoms with Gasteiger partial charge in [0.15, 0.2) is 5.16 Å². The van der Waals surface area contributed by atoms with Crippen LogP contribution in [0.3, 0.4) is 0 Å². The fraction of sp³-hybridized carbons (Fsp3) is 0.111. The predicted molar refractivity (Wildman–Crippen MR) is 99.7 cm³/mol. The van der Waals surface area contributed by atoms with E-state index >= 15 is 0 Å². The minimum Gasteiger partial charge on any atom is -0.440 e. The summed E-state index contributed by atoms with van der Waals surface area (Å²) in [7, 11) is 1.68. The van der Waals surface area contributed by atoms with Crippen LogP contribution in [0.2, 0.25) is 0 Å². The van der Waals surface area contributed by atoms with Crippen LogP contribution in [0.15, 0.2) is 63.6 Å². The number of hydrazone groups is 1. The molecule has 0 spiro atoms. The summed E-state index contributed by atoms with van der Waals surface area (Å²) >= 11 is 1.31. The van der Waals surface area contributed by atoms with E-state index in [0.717, 1.165) is 0 Å².